The lowest BCUT2D eigenvalue weighted by molar-refractivity contribution is -0.118. The number of carbonyl (C=O) groups excluding carboxylic acids is 1. The van der Waals surface area contributed by atoms with Crippen molar-refractivity contribution in [2.75, 3.05) is 20.3 Å². The second-order valence-corrected chi connectivity index (χ2v) is 7.71. The van der Waals surface area contributed by atoms with Crippen LogP contribution in [0.5, 0.6) is 5.75 Å². The fraction of sp³-hybridized carbons (Fsp3) is 0.278. The van der Waals surface area contributed by atoms with Gasteiger partial charge in [0.05, 0.1) is 13.0 Å². The second kappa shape index (κ2) is 9.02. The van der Waals surface area contributed by atoms with Gasteiger partial charge in [-0.15, -0.1) is 0 Å². The highest BCUT2D eigenvalue weighted by atomic mass is 35.5. The monoisotopic (exact) mass is 397 g/mol. The molecule has 0 unspecified atom stereocenters. The van der Waals surface area contributed by atoms with Crippen LogP contribution in [0.3, 0.4) is 0 Å². The summed E-state index contributed by atoms with van der Waals surface area (Å²) in [7, 11) is -2.62. The number of hydrogen-bond acceptors (Lipinski definition) is 5. The Morgan fingerprint density at radius 3 is 2.46 bits per heavy atom. The van der Waals surface area contributed by atoms with Gasteiger partial charge in [0, 0.05) is 12.1 Å². The predicted molar refractivity (Wildman–Crippen MR) is 99.0 cm³/mol. The largest absolute Gasteiger partial charge is 0.490 e. The quantitative estimate of drug-likeness (QED) is 0.692. The molecular formula is C18H20ClNO5S. The van der Waals surface area contributed by atoms with E-state index in [1.54, 1.807) is 12.1 Å². The maximum Gasteiger partial charge on any atom is 0.267 e. The maximum absolute atomic E-state index is 12.6. The highest BCUT2D eigenvalue weighted by Gasteiger charge is 2.23. The third-order valence-corrected chi connectivity index (χ3v) is 5.10. The highest BCUT2D eigenvalue weighted by molar-refractivity contribution is 7.90. The van der Waals surface area contributed by atoms with Crippen LogP contribution in [0.4, 0.5) is 0 Å². The Hall–Kier alpha value is -2.09. The number of amides is 1. The topological polar surface area (TPSA) is 81.7 Å². The van der Waals surface area contributed by atoms with Gasteiger partial charge in [-0.2, -0.15) is 0 Å². The van der Waals surface area contributed by atoms with Gasteiger partial charge in [0.2, 0.25) is 5.91 Å². The summed E-state index contributed by atoms with van der Waals surface area (Å²) in [5, 5.41) is 0.218. The van der Waals surface area contributed by atoms with E-state index in [2.05, 4.69) is 4.72 Å². The van der Waals surface area contributed by atoms with Crippen molar-refractivity contribution in [2.24, 2.45) is 0 Å². The van der Waals surface area contributed by atoms with E-state index in [-0.39, 0.29) is 28.7 Å². The molecule has 6 nitrogen and oxygen atoms in total. The molecule has 0 spiro atoms. The Labute approximate surface area is 158 Å². The van der Waals surface area contributed by atoms with Gasteiger partial charge < -0.3 is 9.47 Å². The number of rotatable bonds is 8. The number of hydrogen-bond donors (Lipinski definition) is 1. The molecule has 0 aromatic heterocycles. The molecule has 0 bridgehead atoms. The first-order chi connectivity index (χ1) is 12.3. The average molecular weight is 398 g/mol. The van der Waals surface area contributed by atoms with E-state index < -0.39 is 15.9 Å². The number of methoxy groups -OCH3 is 1. The van der Waals surface area contributed by atoms with Gasteiger partial charge in [0.25, 0.3) is 10.0 Å². The van der Waals surface area contributed by atoms with Crippen molar-refractivity contribution in [2.45, 2.75) is 18.2 Å². The zero-order chi connectivity index (χ0) is 19.2. The fourth-order valence-corrected chi connectivity index (χ4v) is 3.57. The summed E-state index contributed by atoms with van der Waals surface area (Å²) >= 11 is 5.91. The van der Waals surface area contributed by atoms with Crippen LogP contribution < -0.4 is 9.46 Å². The average Bonchev–Trinajstić information content (AvgIpc) is 2.58. The molecule has 1 amide bonds. The molecule has 8 heteroatoms. The van der Waals surface area contributed by atoms with E-state index in [9.17, 15) is 13.2 Å². The number of sulfonamides is 1. The van der Waals surface area contributed by atoms with Gasteiger partial charge in [0.1, 0.15) is 17.3 Å². The molecule has 140 valence electrons. The zero-order valence-electron chi connectivity index (χ0n) is 14.5. The first-order valence-electron chi connectivity index (χ1n) is 7.84. The van der Waals surface area contributed by atoms with Crippen molar-refractivity contribution >= 4 is 27.5 Å². The molecule has 26 heavy (non-hydrogen) atoms. The summed E-state index contributed by atoms with van der Waals surface area (Å²) in [5.41, 5.74) is 1.77. The molecule has 0 saturated carbocycles. The van der Waals surface area contributed by atoms with Crippen LogP contribution in [-0.4, -0.2) is 34.6 Å². The van der Waals surface area contributed by atoms with Crippen molar-refractivity contribution in [3.05, 3.63) is 58.6 Å². The number of ether oxygens (including phenoxy) is 2. The molecule has 0 aliphatic carbocycles. The number of benzene rings is 2. The lowest BCUT2D eigenvalue weighted by Gasteiger charge is -2.13. The summed E-state index contributed by atoms with van der Waals surface area (Å²) in [4.78, 5) is 12.0. The molecule has 0 atom stereocenters. The fourth-order valence-electron chi connectivity index (χ4n) is 2.18. The summed E-state index contributed by atoms with van der Waals surface area (Å²) < 4.78 is 37.5. The molecule has 0 aliphatic rings. The van der Waals surface area contributed by atoms with Crippen LogP contribution in [0.15, 0.2) is 47.4 Å². The summed E-state index contributed by atoms with van der Waals surface area (Å²) in [6.45, 7) is 2.39. The van der Waals surface area contributed by atoms with Gasteiger partial charge in [-0.3, -0.25) is 4.79 Å². The predicted octanol–water partition coefficient (Wildman–Crippen LogP) is 2.72. The molecule has 0 aliphatic heterocycles. The van der Waals surface area contributed by atoms with Crippen LogP contribution in [0.1, 0.15) is 11.1 Å². The van der Waals surface area contributed by atoms with Crippen LogP contribution in [-0.2, 0) is 26.0 Å². The Morgan fingerprint density at radius 2 is 1.81 bits per heavy atom. The minimum Gasteiger partial charge on any atom is -0.490 e. The van der Waals surface area contributed by atoms with E-state index >= 15 is 0 Å². The Morgan fingerprint density at radius 1 is 1.12 bits per heavy atom. The van der Waals surface area contributed by atoms with Crippen molar-refractivity contribution in [1.29, 1.82) is 0 Å². The SMILES string of the molecule is COCCOc1ccc(Cl)cc1S(=O)(=O)NC(=O)Cc1ccc(C)cc1. The minimum atomic E-state index is -4.13. The van der Waals surface area contributed by atoms with E-state index in [1.807, 2.05) is 19.1 Å². The number of carbonyl (C=O) groups is 1. The van der Waals surface area contributed by atoms with Crippen LogP contribution in [0, 0.1) is 6.92 Å². The molecule has 0 radical (unpaired) electrons. The molecule has 2 aromatic rings. The van der Waals surface area contributed by atoms with Crippen molar-refractivity contribution in [3.63, 3.8) is 0 Å². The third kappa shape index (κ3) is 5.72. The lowest BCUT2D eigenvalue weighted by atomic mass is 10.1. The smallest absolute Gasteiger partial charge is 0.267 e. The molecule has 0 saturated heterocycles. The summed E-state index contributed by atoms with van der Waals surface area (Å²) in [6.07, 6.45) is -0.0556. The maximum atomic E-state index is 12.6. The normalized spacial score (nSPS) is 11.2. The number of aryl methyl sites for hydroxylation is 1. The van der Waals surface area contributed by atoms with E-state index in [0.29, 0.717) is 12.2 Å². The Balaban J connectivity index is 2.16. The Bertz CT molecular complexity index is 866. The van der Waals surface area contributed by atoms with Gasteiger partial charge >= 0.3 is 0 Å². The zero-order valence-corrected chi connectivity index (χ0v) is 16.1. The van der Waals surface area contributed by atoms with E-state index in [1.165, 1.54) is 25.3 Å². The van der Waals surface area contributed by atoms with Crippen LogP contribution in [0.25, 0.3) is 0 Å². The van der Waals surface area contributed by atoms with Crippen molar-refractivity contribution in [1.82, 2.24) is 4.72 Å². The molecular weight excluding hydrogens is 378 g/mol. The lowest BCUT2D eigenvalue weighted by Crippen LogP contribution is -2.32. The second-order valence-electron chi connectivity index (χ2n) is 5.62. The van der Waals surface area contributed by atoms with E-state index in [4.69, 9.17) is 21.1 Å². The minimum absolute atomic E-state index is 0.0556. The summed E-state index contributed by atoms with van der Waals surface area (Å²) in [6, 6.07) is 11.5. The highest BCUT2D eigenvalue weighted by Crippen LogP contribution is 2.27. The Kier molecular flexibility index (Phi) is 7.02. The van der Waals surface area contributed by atoms with Crippen molar-refractivity contribution < 1.29 is 22.7 Å². The van der Waals surface area contributed by atoms with Crippen LogP contribution in [0.2, 0.25) is 5.02 Å². The molecule has 0 heterocycles. The van der Waals surface area contributed by atoms with Crippen LogP contribution >= 0.6 is 11.6 Å². The van der Waals surface area contributed by atoms with E-state index in [0.717, 1.165) is 5.56 Å². The van der Waals surface area contributed by atoms with Gasteiger partial charge in [-0.05, 0) is 30.7 Å². The van der Waals surface area contributed by atoms with Gasteiger partial charge in [0.15, 0.2) is 0 Å². The molecule has 2 rings (SSSR count). The summed E-state index contributed by atoms with van der Waals surface area (Å²) in [5.74, 6) is -0.543. The number of nitrogens with one attached hydrogen (secondary N) is 1. The number of halogens is 1. The van der Waals surface area contributed by atoms with Gasteiger partial charge in [-0.1, -0.05) is 41.4 Å². The van der Waals surface area contributed by atoms with Gasteiger partial charge in [-0.25, -0.2) is 13.1 Å². The molecule has 0 fully saturated rings. The first-order valence-corrected chi connectivity index (χ1v) is 9.70. The van der Waals surface area contributed by atoms with Crippen molar-refractivity contribution in [3.8, 4) is 5.75 Å². The standard InChI is InChI=1S/C18H20ClNO5S/c1-13-3-5-14(6-4-13)11-18(21)20-26(22,23)17-12-15(19)7-8-16(17)25-10-9-24-2/h3-8,12H,9-11H2,1-2H3,(H,20,21). The molecule has 1 N–H and O–H groups in total. The molecule has 2 aromatic carbocycles. The first kappa shape index (κ1) is 20.2. The third-order valence-electron chi connectivity index (χ3n) is 3.47.